The molecule has 0 amide bonds. The van der Waals surface area contributed by atoms with E-state index in [0.29, 0.717) is 0 Å². The molecule has 2 heterocycles. The minimum Gasteiger partial charge on any atom is -0.342 e. The summed E-state index contributed by atoms with van der Waals surface area (Å²) in [5.41, 5.74) is 3.37. The normalized spacial score (nSPS) is 16.4. The van der Waals surface area contributed by atoms with Crippen molar-refractivity contribution in [1.29, 1.82) is 5.26 Å². The number of nitriles is 1. The van der Waals surface area contributed by atoms with E-state index in [1.165, 1.54) is 28.9 Å². The molecule has 0 N–H and O–H groups in total. The number of thioether (sulfide) groups is 1. The molecule has 2 aromatic rings. The van der Waals surface area contributed by atoms with Gasteiger partial charge in [-0.05, 0) is 56.1 Å². The van der Waals surface area contributed by atoms with Gasteiger partial charge in [0.25, 0.3) is 0 Å². The van der Waals surface area contributed by atoms with Gasteiger partial charge in [-0.3, -0.25) is 4.90 Å². The zero-order valence-corrected chi connectivity index (χ0v) is 14.6. The molecule has 1 aliphatic heterocycles. The van der Waals surface area contributed by atoms with Gasteiger partial charge in [0.1, 0.15) is 11.8 Å². The Morgan fingerprint density at radius 1 is 1.26 bits per heavy atom. The molecule has 0 unspecified atom stereocenters. The van der Waals surface area contributed by atoms with Crippen LogP contribution in [0.5, 0.6) is 0 Å². The van der Waals surface area contributed by atoms with Crippen LogP contribution in [-0.2, 0) is 13.6 Å². The lowest BCUT2D eigenvalue weighted by molar-refractivity contribution is 0.225. The number of nitrogens with zero attached hydrogens (tertiary/aromatic N) is 3. The highest BCUT2D eigenvalue weighted by Crippen LogP contribution is 2.32. The summed E-state index contributed by atoms with van der Waals surface area (Å²) in [6.07, 6.45) is 4.54. The quantitative estimate of drug-likeness (QED) is 0.853. The van der Waals surface area contributed by atoms with Gasteiger partial charge in [0.15, 0.2) is 0 Å². The summed E-state index contributed by atoms with van der Waals surface area (Å²) in [6, 6.07) is 12.9. The summed E-state index contributed by atoms with van der Waals surface area (Å²) in [5, 5.41) is 9.77. The molecule has 1 saturated heterocycles. The van der Waals surface area contributed by atoms with E-state index in [-0.39, 0.29) is 0 Å². The molecule has 0 bridgehead atoms. The van der Waals surface area contributed by atoms with Gasteiger partial charge in [-0.25, -0.2) is 0 Å². The molecule has 0 aliphatic carbocycles. The first-order valence-corrected chi connectivity index (χ1v) is 9.03. The fraction of sp³-hybridized carbons (Fsp3) is 0.421. The number of aromatic nitrogens is 1. The van der Waals surface area contributed by atoms with Gasteiger partial charge in [0.2, 0.25) is 0 Å². The summed E-state index contributed by atoms with van der Waals surface area (Å²) >= 11 is 2.04. The number of likely N-dealkylation sites (tertiary alicyclic amines) is 1. The largest absolute Gasteiger partial charge is 0.342 e. The van der Waals surface area contributed by atoms with Crippen LogP contribution in [-0.4, -0.2) is 27.8 Å². The highest BCUT2D eigenvalue weighted by atomic mass is 32.2. The van der Waals surface area contributed by atoms with E-state index in [1.807, 2.05) is 29.4 Å². The lowest BCUT2D eigenvalue weighted by atomic mass is 10.1. The van der Waals surface area contributed by atoms with Gasteiger partial charge >= 0.3 is 0 Å². The van der Waals surface area contributed by atoms with Crippen LogP contribution in [0.1, 0.15) is 29.7 Å². The van der Waals surface area contributed by atoms with Gasteiger partial charge in [-0.1, -0.05) is 18.2 Å². The van der Waals surface area contributed by atoms with Gasteiger partial charge in [0, 0.05) is 29.9 Å². The van der Waals surface area contributed by atoms with Crippen LogP contribution in [0.4, 0.5) is 0 Å². The van der Waals surface area contributed by atoms with Crippen molar-refractivity contribution in [2.45, 2.75) is 36.5 Å². The molecular formula is C19H23N3S. The lowest BCUT2D eigenvalue weighted by Gasteiger charge is -2.31. The molecule has 0 spiro atoms. The number of rotatable bonds is 4. The Hall–Kier alpha value is -1.70. The maximum atomic E-state index is 9.05. The summed E-state index contributed by atoms with van der Waals surface area (Å²) < 4.78 is 1.91. The maximum Gasteiger partial charge on any atom is 0.120 e. The molecule has 23 heavy (non-hydrogen) atoms. The SMILES string of the molecule is Cc1ccccc1SC1CCN(Cc2cc(C#N)n(C)c2)CC1. The summed E-state index contributed by atoms with van der Waals surface area (Å²) in [4.78, 5) is 3.93. The predicted octanol–water partition coefficient (Wildman–Crippen LogP) is 3.96. The second-order valence-electron chi connectivity index (χ2n) is 6.32. The van der Waals surface area contributed by atoms with Crippen molar-refractivity contribution in [3.63, 3.8) is 0 Å². The third-order valence-electron chi connectivity index (χ3n) is 4.50. The molecule has 1 aromatic carbocycles. The standard InChI is InChI=1S/C19H23N3S/c1-15-5-3-4-6-19(15)23-18-7-9-22(10-8-18)14-16-11-17(12-20)21(2)13-16/h3-6,11,13,18H,7-10,14H2,1-2H3. The average Bonchev–Trinajstić information content (AvgIpc) is 2.91. The van der Waals surface area contributed by atoms with Crippen molar-refractivity contribution in [1.82, 2.24) is 9.47 Å². The summed E-state index contributed by atoms with van der Waals surface area (Å²) in [6.45, 7) is 5.43. The smallest absolute Gasteiger partial charge is 0.120 e. The second kappa shape index (κ2) is 7.25. The molecule has 0 atom stereocenters. The number of piperidine rings is 1. The Morgan fingerprint density at radius 2 is 2.00 bits per heavy atom. The third-order valence-corrected chi connectivity index (χ3v) is 6.02. The summed E-state index contributed by atoms with van der Waals surface area (Å²) in [5.74, 6) is 0. The fourth-order valence-electron chi connectivity index (χ4n) is 3.14. The molecule has 3 nitrogen and oxygen atoms in total. The number of aryl methyl sites for hydroxylation is 2. The van der Waals surface area contributed by atoms with E-state index < -0.39 is 0 Å². The van der Waals surface area contributed by atoms with E-state index in [4.69, 9.17) is 5.26 Å². The van der Waals surface area contributed by atoms with Gasteiger partial charge in [-0.2, -0.15) is 5.26 Å². The van der Waals surface area contributed by atoms with Crippen molar-refractivity contribution in [3.8, 4) is 6.07 Å². The predicted molar refractivity (Wildman–Crippen MR) is 95.5 cm³/mol. The molecule has 0 radical (unpaired) electrons. The Labute approximate surface area is 142 Å². The monoisotopic (exact) mass is 325 g/mol. The van der Waals surface area contributed by atoms with E-state index in [2.05, 4.69) is 48.4 Å². The molecular weight excluding hydrogens is 302 g/mol. The Morgan fingerprint density at radius 3 is 2.65 bits per heavy atom. The van der Waals surface area contributed by atoms with Crippen LogP contribution in [0.2, 0.25) is 0 Å². The molecule has 1 aromatic heterocycles. The molecule has 0 saturated carbocycles. The van der Waals surface area contributed by atoms with E-state index in [1.54, 1.807) is 0 Å². The van der Waals surface area contributed by atoms with E-state index in [9.17, 15) is 0 Å². The molecule has 3 rings (SSSR count). The van der Waals surface area contributed by atoms with Crippen molar-refractivity contribution in [2.75, 3.05) is 13.1 Å². The van der Waals surface area contributed by atoms with Crippen molar-refractivity contribution in [2.24, 2.45) is 7.05 Å². The Bertz CT molecular complexity index is 706. The van der Waals surface area contributed by atoms with E-state index in [0.717, 1.165) is 30.6 Å². The first-order valence-electron chi connectivity index (χ1n) is 8.15. The van der Waals surface area contributed by atoms with E-state index >= 15 is 0 Å². The number of hydrogen-bond acceptors (Lipinski definition) is 3. The van der Waals surface area contributed by atoms with Gasteiger partial charge < -0.3 is 4.57 Å². The first-order chi connectivity index (χ1) is 11.2. The van der Waals surface area contributed by atoms with Crippen LogP contribution >= 0.6 is 11.8 Å². The Kier molecular flexibility index (Phi) is 5.09. The minimum atomic E-state index is 0.720. The molecule has 1 fully saturated rings. The highest BCUT2D eigenvalue weighted by Gasteiger charge is 2.21. The highest BCUT2D eigenvalue weighted by molar-refractivity contribution is 8.00. The zero-order chi connectivity index (χ0) is 16.2. The van der Waals surface area contributed by atoms with Crippen LogP contribution < -0.4 is 0 Å². The number of hydrogen-bond donors (Lipinski definition) is 0. The number of benzene rings is 1. The zero-order valence-electron chi connectivity index (χ0n) is 13.8. The molecule has 1 aliphatic rings. The molecule has 4 heteroatoms. The second-order valence-corrected chi connectivity index (χ2v) is 7.66. The lowest BCUT2D eigenvalue weighted by Crippen LogP contribution is -2.34. The minimum absolute atomic E-state index is 0.720. The van der Waals surface area contributed by atoms with Crippen LogP contribution in [0.3, 0.4) is 0 Å². The average molecular weight is 325 g/mol. The summed E-state index contributed by atoms with van der Waals surface area (Å²) in [7, 11) is 1.94. The molecule has 120 valence electrons. The third kappa shape index (κ3) is 3.99. The van der Waals surface area contributed by atoms with Crippen molar-refractivity contribution < 1.29 is 0 Å². The van der Waals surface area contributed by atoms with Gasteiger partial charge in [0.05, 0.1) is 0 Å². The Balaban J connectivity index is 1.52. The topological polar surface area (TPSA) is 32.0 Å². The van der Waals surface area contributed by atoms with Crippen LogP contribution in [0.25, 0.3) is 0 Å². The van der Waals surface area contributed by atoms with Crippen molar-refractivity contribution in [3.05, 3.63) is 53.3 Å². The van der Waals surface area contributed by atoms with Crippen LogP contribution in [0.15, 0.2) is 41.4 Å². The fourth-order valence-corrected chi connectivity index (χ4v) is 4.36. The van der Waals surface area contributed by atoms with Gasteiger partial charge in [-0.15, -0.1) is 11.8 Å². The maximum absolute atomic E-state index is 9.05. The van der Waals surface area contributed by atoms with Crippen LogP contribution in [0, 0.1) is 18.3 Å². The van der Waals surface area contributed by atoms with Crippen molar-refractivity contribution >= 4 is 11.8 Å². The first kappa shape index (κ1) is 16.2.